The first kappa shape index (κ1) is 19.2. The Morgan fingerprint density at radius 3 is 2.33 bits per heavy atom. The van der Waals surface area contributed by atoms with E-state index in [0.29, 0.717) is 0 Å². The average Bonchev–Trinajstić information content (AvgIpc) is 2.62. The minimum Gasteiger partial charge on any atom is -0.377 e. The minimum absolute atomic E-state index is 0.761. The molecule has 0 saturated heterocycles. The Bertz CT molecular complexity index is 440. The van der Waals surface area contributed by atoms with E-state index in [-0.39, 0.29) is 0 Å². The van der Waals surface area contributed by atoms with Gasteiger partial charge in [-0.05, 0) is 61.5 Å². The molecule has 24 heavy (non-hydrogen) atoms. The summed E-state index contributed by atoms with van der Waals surface area (Å²) in [5, 5.41) is 0. The molecule has 1 fully saturated rings. The van der Waals surface area contributed by atoms with Gasteiger partial charge in [-0.3, -0.25) is 0 Å². The van der Waals surface area contributed by atoms with Crippen molar-refractivity contribution in [3.8, 4) is 0 Å². The zero-order valence-corrected chi connectivity index (χ0v) is 15.6. The number of benzene rings is 1. The van der Waals surface area contributed by atoms with Gasteiger partial charge in [0.25, 0.3) is 0 Å². The summed E-state index contributed by atoms with van der Waals surface area (Å²) in [6.07, 6.45) is 15.3. The van der Waals surface area contributed by atoms with Crippen molar-refractivity contribution in [2.75, 3.05) is 6.61 Å². The van der Waals surface area contributed by atoms with E-state index in [4.69, 9.17) is 4.74 Å². The van der Waals surface area contributed by atoms with Crippen molar-refractivity contribution in [1.29, 1.82) is 0 Å². The van der Waals surface area contributed by atoms with Gasteiger partial charge in [0.05, 0.1) is 6.61 Å². The van der Waals surface area contributed by atoms with Gasteiger partial charge in [-0.2, -0.15) is 0 Å². The molecule has 0 spiro atoms. The number of allylic oxidation sites excluding steroid dienone is 1. The molecule has 1 aliphatic rings. The molecule has 0 unspecified atom stereocenters. The molecule has 1 aromatic rings. The number of ether oxygens (including phenoxy) is 1. The van der Waals surface area contributed by atoms with Crippen LogP contribution in [0.2, 0.25) is 0 Å². The molecule has 0 aromatic heterocycles. The summed E-state index contributed by atoms with van der Waals surface area (Å²) in [7, 11) is 0. The standard InChI is InChI=1S/C23H36O/c1-3-5-6-18-24-19-23-16-14-22(15-17-23)13-12-21-10-8-20(7-4-2)9-11-21/h4,14-17,20-21H,2-3,5-13,18-19H2,1H3/t20-,21-. The van der Waals surface area contributed by atoms with Gasteiger partial charge < -0.3 is 4.74 Å². The molecule has 0 atom stereocenters. The van der Waals surface area contributed by atoms with Gasteiger partial charge in [-0.1, -0.05) is 62.9 Å². The molecule has 0 aliphatic heterocycles. The smallest absolute Gasteiger partial charge is 0.0716 e. The molecule has 2 rings (SSSR count). The van der Waals surface area contributed by atoms with Gasteiger partial charge >= 0.3 is 0 Å². The van der Waals surface area contributed by atoms with E-state index < -0.39 is 0 Å². The SMILES string of the molecule is C=CC[C@H]1CC[C@H](CCc2ccc(COCCCCC)cc2)CC1. The number of hydrogen-bond acceptors (Lipinski definition) is 1. The van der Waals surface area contributed by atoms with E-state index in [0.717, 1.165) is 25.0 Å². The second-order valence-electron chi connectivity index (χ2n) is 7.53. The Balaban J connectivity index is 1.62. The van der Waals surface area contributed by atoms with Crippen molar-refractivity contribution in [2.24, 2.45) is 11.8 Å². The molecule has 1 nitrogen and oxygen atoms in total. The number of unbranched alkanes of at least 4 members (excludes halogenated alkanes) is 2. The van der Waals surface area contributed by atoms with Crippen LogP contribution in [-0.4, -0.2) is 6.61 Å². The summed E-state index contributed by atoms with van der Waals surface area (Å²) >= 11 is 0. The monoisotopic (exact) mass is 328 g/mol. The molecular weight excluding hydrogens is 292 g/mol. The summed E-state index contributed by atoms with van der Waals surface area (Å²) in [4.78, 5) is 0. The Labute approximate surface area is 149 Å². The van der Waals surface area contributed by atoms with Gasteiger partial charge in [0, 0.05) is 6.61 Å². The lowest BCUT2D eigenvalue weighted by Gasteiger charge is -2.27. The third-order valence-electron chi connectivity index (χ3n) is 5.49. The zero-order valence-electron chi connectivity index (χ0n) is 15.6. The van der Waals surface area contributed by atoms with Crippen LogP contribution in [0.25, 0.3) is 0 Å². The maximum atomic E-state index is 5.74. The first-order valence-electron chi connectivity index (χ1n) is 10.1. The lowest BCUT2D eigenvalue weighted by molar-refractivity contribution is 0.117. The van der Waals surface area contributed by atoms with Crippen LogP contribution < -0.4 is 0 Å². The van der Waals surface area contributed by atoms with Crippen molar-refractivity contribution in [3.05, 3.63) is 48.0 Å². The summed E-state index contributed by atoms with van der Waals surface area (Å²) in [6, 6.07) is 9.09. The number of hydrogen-bond donors (Lipinski definition) is 0. The highest BCUT2D eigenvalue weighted by Crippen LogP contribution is 2.33. The maximum Gasteiger partial charge on any atom is 0.0716 e. The van der Waals surface area contributed by atoms with Gasteiger partial charge in [-0.25, -0.2) is 0 Å². The molecule has 0 amide bonds. The lowest BCUT2D eigenvalue weighted by Crippen LogP contribution is -2.14. The van der Waals surface area contributed by atoms with Crippen LogP contribution in [0.1, 0.15) is 75.8 Å². The fraction of sp³-hybridized carbons (Fsp3) is 0.652. The number of rotatable bonds is 11. The van der Waals surface area contributed by atoms with E-state index >= 15 is 0 Å². The second kappa shape index (κ2) is 11.5. The minimum atomic E-state index is 0.761. The molecule has 134 valence electrons. The highest BCUT2D eigenvalue weighted by atomic mass is 16.5. The summed E-state index contributed by atoms with van der Waals surface area (Å²) in [6.45, 7) is 7.76. The Kier molecular flexibility index (Phi) is 9.20. The summed E-state index contributed by atoms with van der Waals surface area (Å²) in [5.41, 5.74) is 2.79. The van der Waals surface area contributed by atoms with Crippen LogP contribution in [0.4, 0.5) is 0 Å². The Morgan fingerprint density at radius 1 is 1.00 bits per heavy atom. The topological polar surface area (TPSA) is 9.23 Å². The average molecular weight is 329 g/mol. The normalized spacial score (nSPS) is 20.9. The van der Waals surface area contributed by atoms with Crippen LogP contribution in [0.15, 0.2) is 36.9 Å². The van der Waals surface area contributed by atoms with Crippen molar-refractivity contribution in [2.45, 2.75) is 77.7 Å². The fourth-order valence-electron chi connectivity index (χ4n) is 3.81. The van der Waals surface area contributed by atoms with E-state index in [2.05, 4.69) is 43.8 Å². The van der Waals surface area contributed by atoms with Gasteiger partial charge in [0.1, 0.15) is 0 Å². The molecule has 0 bridgehead atoms. The van der Waals surface area contributed by atoms with E-state index in [1.165, 1.54) is 75.3 Å². The van der Waals surface area contributed by atoms with Crippen molar-refractivity contribution in [3.63, 3.8) is 0 Å². The van der Waals surface area contributed by atoms with Crippen LogP contribution in [0, 0.1) is 11.8 Å². The largest absolute Gasteiger partial charge is 0.377 e. The molecule has 1 saturated carbocycles. The first-order chi connectivity index (χ1) is 11.8. The third-order valence-corrected chi connectivity index (χ3v) is 5.49. The molecular formula is C23H36O. The van der Waals surface area contributed by atoms with E-state index in [9.17, 15) is 0 Å². The Hall–Kier alpha value is -1.08. The van der Waals surface area contributed by atoms with Gasteiger partial charge in [0.15, 0.2) is 0 Å². The molecule has 1 aliphatic carbocycles. The predicted octanol–water partition coefficient (Wildman–Crippen LogP) is 6.71. The zero-order chi connectivity index (χ0) is 17.0. The molecule has 0 heterocycles. The maximum absolute atomic E-state index is 5.74. The lowest BCUT2D eigenvalue weighted by atomic mass is 9.78. The van der Waals surface area contributed by atoms with Crippen molar-refractivity contribution >= 4 is 0 Å². The second-order valence-corrected chi connectivity index (χ2v) is 7.53. The van der Waals surface area contributed by atoms with Crippen LogP contribution in [0.5, 0.6) is 0 Å². The first-order valence-corrected chi connectivity index (χ1v) is 10.1. The third kappa shape index (κ3) is 7.21. The van der Waals surface area contributed by atoms with Crippen LogP contribution >= 0.6 is 0 Å². The highest BCUT2D eigenvalue weighted by Gasteiger charge is 2.19. The predicted molar refractivity (Wildman–Crippen MR) is 104 cm³/mol. The molecule has 0 N–H and O–H groups in total. The summed E-state index contributed by atoms with van der Waals surface area (Å²) in [5.74, 6) is 1.85. The highest BCUT2D eigenvalue weighted by molar-refractivity contribution is 5.22. The molecule has 0 radical (unpaired) electrons. The van der Waals surface area contributed by atoms with Crippen LogP contribution in [0.3, 0.4) is 0 Å². The summed E-state index contributed by atoms with van der Waals surface area (Å²) < 4.78 is 5.74. The number of aryl methyl sites for hydroxylation is 1. The van der Waals surface area contributed by atoms with E-state index in [1.807, 2.05) is 0 Å². The van der Waals surface area contributed by atoms with E-state index in [1.54, 1.807) is 0 Å². The van der Waals surface area contributed by atoms with Crippen LogP contribution in [-0.2, 0) is 17.8 Å². The Morgan fingerprint density at radius 2 is 1.67 bits per heavy atom. The molecule has 1 aromatic carbocycles. The molecule has 1 heteroatoms. The fourth-order valence-corrected chi connectivity index (χ4v) is 3.81. The quantitative estimate of drug-likeness (QED) is 0.324. The van der Waals surface area contributed by atoms with Crippen molar-refractivity contribution in [1.82, 2.24) is 0 Å². The van der Waals surface area contributed by atoms with Gasteiger partial charge in [-0.15, -0.1) is 6.58 Å². The van der Waals surface area contributed by atoms with Crippen molar-refractivity contribution < 1.29 is 4.74 Å². The van der Waals surface area contributed by atoms with Gasteiger partial charge in [0.2, 0.25) is 0 Å².